The molecule has 5 heteroatoms. The summed E-state index contributed by atoms with van der Waals surface area (Å²) in [4.78, 5) is 11.7. The predicted molar refractivity (Wildman–Crippen MR) is 77.8 cm³/mol. The maximum absolute atomic E-state index is 11.9. The Kier molecular flexibility index (Phi) is 5.51. The van der Waals surface area contributed by atoms with E-state index in [2.05, 4.69) is 0 Å². The van der Waals surface area contributed by atoms with Crippen LogP contribution in [0.4, 0.5) is 0 Å². The van der Waals surface area contributed by atoms with Gasteiger partial charge in [-0.05, 0) is 39.3 Å². The average Bonchev–Trinajstić information content (AvgIpc) is 2.34. The lowest BCUT2D eigenvalue weighted by molar-refractivity contribution is -0.154. The molecule has 0 aliphatic rings. The first-order valence-corrected chi connectivity index (χ1v) is 7.94. The summed E-state index contributed by atoms with van der Waals surface area (Å²) in [5.74, 6) is -0.334. The van der Waals surface area contributed by atoms with Gasteiger partial charge in [-0.1, -0.05) is 24.3 Å². The molecular weight excluding hydrogens is 276 g/mol. The molecule has 0 saturated heterocycles. The highest BCUT2D eigenvalue weighted by Gasteiger charge is 2.15. The molecule has 0 heterocycles. The van der Waals surface area contributed by atoms with Crippen LogP contribution >= 0.6 is 0 Å². The highest BCUT2D eigenvalue weighted by molar-refractivity contribution is 7.94. The molecule has 0 aliphatic carbocycles. The van der Waals surface area contributed by atoms with Gasteiger partial charge in [-0.3, -0.25) is 4.79 Å². The summed E-state index contributed by atoms with van der Waals surface area (Å²) in [5.41, 5.74) is -0.517. The monoisotopic (exact) mass is 296 g/mol. The third-order valence-electron chi connectivity index (χ3n) is 2.28. The van der Waals surface area contributed by atoms with Crippen molar-refractivity contribution in [1.29, 1.82) is 0 Å². The Morgan fingerprint density at radius 3 is 2.35 bits per heavy atom. The Bertz CT molecular complexity index is 566. The number of carbonyl (C=O) groups excluding carboxylic acids is 1. The van der Waals surface area contributed by atoms with E-state index in [1.165, 1.54) is 18.2 Å². The standard InChI is InChI=1S/C15H20O4S/c1-15(2,3)19-14(16)11-7-8-12-20(17,18)13-9-5-4-6-10-13/h4-6,8-10,12H,7,11H2,1-3H3. The number of allylic oxidation sites excluding steroid dienone is 1. The molecule has 1 aromatic carbocycles. The number of sulfone groups is 1. The molecule has 0 saturated carbocycles. The van der Waals surface area contributed by atoms with Crippen molar-refractivity contribution in [3.63, 3.8) is 0 Å². The highest BCUT2D eigenvalue weighted by atomic mass is 32.2. The fourth-order valence-corrected chi connectivity index (χ4v) is 2.56. The first-order chi connectivity index (χ1) is 9.21. The molecule has 0 bridgehead atoms. The minimum Gasteiger partial charge on any atom is -0.460 e. The van der Waals surface area contributed by atoms with E-state index in [0.717, 1.165) is 5.41 Å². The molecule has 0 aromatic heterocycles. The summed E-state index contributed by atoms with van der Waals surface area (Å²) < 4.78 is 28.9. The third-order valence-corrected chi connectivity index (χ3v) is 3.76. The van der Waals surface area contributed by atoms with Gasteiger partial charge in [0.15, 0.2) is 9.84 Å². The Balaban J connectivity index is 2.52. The Hall–Kier alpha value is -1.62. The average molecular weight is 296 g/mol. The van der Waals surface area contributed by atoms with Crippen molar-refractivity contribution in [3.05, 3.63) is 41.8 Å². The molecule has 0 N–H and O–H groups in total. The van der Waals surface area contributed by atoms with Crippen LogP contribution in [0.1, 0.15) is 33.6 Å². The van der Waals surface area contributed by atoms with Gasteiger partial charge in [0, 0.05) is 11.8 Å². The maximum Gasteiger partial charge on any atom is 0.306 e. The van der Waals surface area contributed by atoms with Crippen LogP contribution in [0.25, 0.3) is 0 Å². The normalized spacial score (nSPS) is 12.6. The van der Waals surface area contributed by atoms with Gasteiger partial charge in [-0.25, -0.2) is 8.42 Å². The number of esters is 1. The molecule has 110 valence electrons. The maximum atomic E-state index is 11.9. The Morgan fingerprint density at radius 1 is 1.20 bits per heavy atom. The van der Waals surface area contributed by atoms with Gasteiger partial charge in [-0.15, -0.1) is 0 Å². The van der Waals surface area contributed by atoms with Crippen molar-refractivity contribution in [2.75, 3.05) is 0 Å². The summed E-state index contributed by atoms with van der Waals surface area (Å²) in [6.45, 7) is 5.38. The summed E-state index contributed by atoms with van der Waals surface area (Å²) in [5, 5.41) is 1.13. The van der Waals surface area contributed by atoms with Crippen LogP contribution < -0.4 is 0 Å². The molecule has 0 radical (unpaired) electrons. The summed E-state index contributed by atoms with van der Waals surface area (Å²) in [6.07, 6.45) is 1.98. The van der Waals surface area contributed by atoms with Crippen molar-refractivity contribution >= 4 is 15.8 Å². The van der Waals surface area contributed by atoms with Crippen LogP contribution in [0, 0.1) is 0 Å². The van der Waals surface area contributed by atoms with Crippen molar-refractivity contribution < 1.29 is 17.9 Å². The van der Waals surface area contributed by atoms with Gasteiger partial charge in [0.25, 0.3) is 0 Å². The molecule has 0 atom stereocenters. The molecule has 1 aromatic rings. The molecule has 1 rings (SSSR count). The van der Waals surface area contributed by atoms with Crippen molar-refractivity contribution in [3.8, 4) is 0 Å². The first-order valence-electron chi connectivity index (χ1n) is 6.39. The van der Waals surface area contributed by atoms with E-state index in [1.807, 2.05) is 0 Å². The minimum absolute atomic E-state index is 0.165. The van der Waals surface area contributed by atoms with Gasteiger partial charge in [0.1, 0.15) is 5.60 Å². The van der Waals surface area contributed by atoms with Crippen LogP contribution in [0.15, 0.2) is 46.7 Å². The topological polar surface area (TPSA) is 60.4 Å². The van der Waals surface area contributed by atoms with Crippen LogP contribution in [-0.2, 0) is 19.4 Å². The lowest BCUT2D eigenvalue weighted by Crippen LogP contribution is -2.23. The smallest absolute Gasteiger partial charge is 0.306 e. The number of rotatable bonds is 5. The Labute approximate surface area is 120 Å². The van der Waals surface area contributed by atoms with Crippen LogP contribution in [0.2, 0.25) is 0 Å². The van der Waals surface area contributed by atoms with Gasteiger partial charge in [-0.2, -0.15) is 0 Å². The van der Waals surface area contributed by atoms with Gasteiger partial charge in [0.2, 0.25) is 0 Å². The van der Waals surface area contributed by atoms with E-state index < -0.39 is 15.4 Å². The SMILES string of the molecule is CC(C)(C)OC(=O)CCC=CS(=O)(=O)c1ccccc1. The second kappa shape index (κ2) is 6.70. The van der Waals surface area contributed by atoms with E-state index in [9.17, 15) is 13.2 Å². The summed E-state index contributed by atoms with van der Waals surface area (Å²) >= 11 is 0. The Morgan fingerprint density at radius 2 is 1.80 bits per heavy atom. The zero-order chi connectivity index (χ0) is 15.2. The molecule has 20 heavy (non-hydrogen) atoms. The zero-order valence-electron chi connectivity index (χ0n) is 12.0. The molecule has 0 fully saturated rings. The fraction of sp³-hybridized carbons (Fsp3) is 0.400. The quantitative estimate of drug-likeness (QED) is 0.783. The lowest BCUT2D eigenvalue weighted by Gasteiger charge is -2.19. The molecule has 0 amide bonds. The number of ether oxygens (including phenoxy) is 1. The first kappa shape index (κ1) is 16.4. The molecule has 0 aliphatic heterocycles. The fourth-order valence-electron chi connectivity index (χ4n) is 1.48. The number of benzene rings is 1. The number of hydrogen-bond donors (Lipinski definition) is 0. The van der Waals surface area contributed by atoms with Crippen molar-refractivity contribution in [2.45, 2.75) is 44.1 Å². The van der Waals surface area contributed by atoms with E-state index in [4.69, 9.17) is 4.74 Å². The second-order valence-electron chi connectivity index (χ2n) is 5.35. The largest absolute Gasteiger partial charge is 0.460 e. The van der Waals surface area contributed by atoms with Crippen molar-refractivity contribution in [1.82, 2.24) is 0 Å². The second-order valence-corrected chi connectivity index (χ2v) is 7.19. The number of hydrogen-bond acceptors (Lipinski definition) is 4. The number of carbonyl (C=O) groups is 1. The van der Waals surface area contributed by atoms with E-state index in [1.54, 1.807) is 39.0 Å². The highest BCUT2D eigenvalue weighted by Crippen LogP contribution is 2.13. The lowest BCUT2D eigenvalue weighted by atomic mass is 10.2. The minimum atomic E-state index is -3.43. The van der Waals surface area contributed by atoms with E-state index in [0.29, 0.717) is 6.42 Å². The predicted octanol–water partition coefficient (Wildman–Crippen LogP) is 3.10. The molecular formula is C15H20O4S. The van der Waals surface area contributed by atoms with E-state index >= 15 is 0 Å². The van der Waals surface area contributed by atoms with Gasteiger partial charge in [0.05, 0.1) is 4.90 Å². The van der Waals surface area contributed by atoms with Gasteiger partial charge < -0.3 is 4.74 Å². The summed E-state index contributed by atoms with van der Waals surface area (Å²) in [6, 6.07) is 8.16. The van der Waals surface area contributed by atoms with E-state index in [-0.39, 0.29) is 17.3 Å². The molecule has 4 nitrogen and oxygen atoms in total. The van der Waals surface area contributed by atoms with Gasteiger partial charge >= 0.3 is 5.97 Å². The molecule has 0 spiro atoms. The van der Waals surface area contributed by atoms with Crippen LogP contribution in [0.5, 0.6) is 0 Å². The van der Waals surface area contributed by atoms with Crippen LogP contribution in [0.3, 0.4) is 0 Å². The third kappa shape index (κ3) is 6.02. The zero-order valence-corrected chi connectivity index (χ0v) is 12.8. The summed E-state index contributed by atoms with van der Waals surface area (Å²) in [7, 11) is -3.43. The van der Waals surface area contributed by atoms with Crippen LogP contribution in [-0.4, -0.2) is 20.0 Å². The molecule has 0 unspecified atom stereocenters. The van der Waals surface area contributed by atoms with Crippen molar-refractivity contribution in [2.24, 2.45) is 0 Å².